The van der Waals surface area contributed by atoms with Gasteiger partial charge in [-0.25, -0.2) is 4.98 Å². The van der Waals surface area contributed by atoms with Crippen LogP contribution in [-0.2, 0) is 13.0 Å². The number of halogens is 2. The Balaban J connectivity index is 0.000000720. The van der Waals surface area contributed by atoms with Gasteiger partial charge in [0.05, 0.1) is 0 Å². The van der Waals surface area contributed by atoms with Crippen molar-refractivity contribution < 1.29 is 0 Å². The molecule has 1 aromatic rings. The minimum absolute atomic E-state index is 0. The van der Waals surface area contributed by atoms with Crippen molar-refractivity contribution in [2.24, 2.45) is 0 Å². The Hall–Kier alpha value is -0.310. The van der Waals surface area contributed by atoms with Gasteiger partial charge in [-0.05, 0) is 30.2 Å². The van der Waals surface area contributed by atoms with Crippen molar-refractivity contribution in [1.29, 1.82) is 0 Å². The molecule has 1 N–H and O–H groups in total. The van der Waals surface area contributed by atoms with Crippen LogP contribution in [0.4, 0.5) is 0 Å². The molecule has 2 nitrogen and oxygen atoms in total. The van der Waals surface area contributed by atoms with Gasteiger partial charge in [-0.2, -0.15) is 0 Å². The maximum Gasteiger partial charge on any atom is 0.129 e. The second-order valence-corrected chi connectivity index (χ2v) is 3.09. The summed E-state index contributed by atoms with van der Waals surface area (Å²) in [5, 5.41) is 3.87. The van der Waals surface area contributed by atoms with Crippen LogP contribution in [0.1, 0.15) is 11.1 Å². The quantitative estimate of drug-likeness (QED) is 0.653. The molecular formula is C8H10Cl2N2. The second kappa shape index (κ2) is 4.08. The van der Waals surface area contributed by atoms with E-state index < -0.39 is 0 Å². The van der Waals surface area contributed by atoms with Crippen molar-refractivity contribution in [2.45, 2.75) is 13.0 Å². The molecule has 4 heteroatoms. The van der Waals surface area contributed by atoms with Crippen molar-refractivity contribution in [2.75, 3.05) is 6.54 Å². The molecule has 0 spiro atoms. The molecule has 0 atom stereocenters. The van der Waals surface area contributed by atoms with Gasteiger partial charge in [0.1, 0.15) is 5.15 Å². The van der Waals surface area contributed by atoms with Crippen molar-refractivity contribution in [3.63, 3.8) is 0 Å². The summed E-state index contributed by atoms with van der Waals surface area (Å²) >= 11 is 5.74. The molecule has 66 valence electrons. The topological polar surface area (TPSA) is 24.9 Å². The largest absolute Gasteiger partial charge is 0.312 e. The lowest BCUT2D eigenvalue weighted by Crippen LogP contribution is -2.23. The average Bonchev–Trinajstić information content (AvgIpc) is 2.04. The molecule has 2 heterocycles. The second-order valence-electron chi connectivity index (χ2n) is 2.70. The Bertz CT molecular complexity index is 276. The molecule has 0 bridgehead atoms. The highest BCUT2D eigenvalue weighted by molar-refractivity contribution is 6.29. The summed E-state index contributed by atoms with van der Waals surface area (Å²) in [7, 11) is 0. The number of nitrogens with one attached hydrogen (secondary N) is 1. The summed E-state index contributed by atoms with van der Waals surface area (Å²) in [5.41, 5.74) is 2.62. The summed E-state index contributed by atoms with van der Waals surface area (Å²) in [6.45, 7) is 1.98. The lowest BCUT2D eigenvalue weighted by atomic mass is 10.0. The molecule has 1 aromatic heterocycles. The zero-order valence-corrected chi connectivity index (χ0v) is 8.08. The number of nitrogens with zero attached hydrogens (tertiary/aromatic N) is 1. The summed E-state index contributed by atoms with van der Waals surface area (Å²) in [4.78, 5) is 4.03. The van der Waals surface area contributed by atoms with Crippen LogP contribution >= 0.6 is 24.0 Å². The highest BCUT2D eigenvalue weighted by atomic mass is 35.5. The van der Waals surface area contributed by atoms with Gasteiger partial charge in [0.25, 0.3) is 0 Å². The van der Waals surface area contributed by atoms with Crippen LogP contribution in [0.25, 0.3) is 0 Å². The van der Waals surface area contributed by atoms with E-state index in [2.05, 4.69) is 10.3 Å². The Morgan fingerprint density at radius 3 is 3.08 bits per heavy atom. The van der Waals surface area contributed by atoms with E-state index in [0.717, 1.165) is 19.5 Å². The number of rotatable bonds is 0. The van der Waals surface area contributed by atoms with E-state index in [1.54, 1.807) is 0 Å². The van der Waals surface area contributed by atoms with E-state index in [9.17, 15) is 0 Å². The van der Waals surface area contributed by atoms with E-state index in [0.29, 0.717) is 5.15 Å². The van der Waals surface area contributed by atoms with Gasteiger partial charge in [-0.1, -0.05) is 11.6 Å². The average molecular weight is 205 g/mol. The summed E-state index contributed by atoms with van der Waals surface area (Å²) in [6.07, 6.45) is 2.94. The first-order valence-electron chi connectivity index (χ1n) is 3.70. The molecule has 0 unspecified atom stereocenters. The lowest BCUT2D eigenvalue weighted by Gasteiger charge is -2.15. The molecule has 12 heavy (non-hydrogen) atoms. The Labute approximate surface area is 82.7 Å². The van der Waals surface area contributed by atoms with Crippen molar-refractivity contribution in [3.05, 3.63) is 28.5 Å². The molecule has 2 rings (SSSR count). The van der Waals surface area contributed by atoms with Gasteiger partial charge in [0.15, 0.2) is 0 Å². The van der Waals surface area contributed by atoms with E-state index in [1.807, 2.05) is 12.3 Å². The Kier molecular flexibility index (Phi) is 3.32. The maximum absolute atomic E-state index is 5.74. The highest BCUT2D eigenvalue weighted by Gasteiger charge is 2.08. The van der Waals surface area contributed by atoms with Crippen LogP contribution in [0.5, 0.6) is 0 Å². The molecule has 1 aliphatic rings. The third kappa shape index (κ3) is 1.89. The van der Waals surface area contributed by atoms with Crippen LogP contribution in [0, 0.1) is 0 Å². The van der Waals surface area contributed by atoms with Gasteiger partial charge < -0.3 is 5.32 Å². The predicted molar refractivity (Wildman–Crippen MR) is 51.9 cm³/mol. The summed E-state index contributed by atoms with van der Waals surface area (Å²) in [6, 6.07) is 1.93. The minimum atomic E-state index is 0. The minimum Gasteiger partial charge on any atom is -0.312 e. The molecule has 0 saturated carbocycles. The SMILES string of the molecule is Cl.Clc1cc2c(cn1)CCNC2. The zero-order valence-electron chi connectivity index (χ0n) is 6.51. The third-order valence-corrected chi connectivity index (χ3v) is 2.14. The van der Waals surface area contributed by atoms with Crippen molar-refractivity contribution >= 4 is 24.0 Å². The van der Waals surface area contributed by atoms with Gasteiger partial charge in [0.2, 0.25) is 0 Å². The first-order chi connectivity index (χ1) is 5.36. The lowest BCUT2D eigenvalue weighted by molar-refractivity contribution is 0.641. The van der Waals surface area contributed by atoms with Gasteiger partial charge >= 0.3 is 0 Å². The van der Waals surface area contributed by atoms with E-state index in [-0.39, 0.29) is 12.4 Å². The van der Waals surface area contributed by atoms with Crippen molar-refractivity contribution in [1.82, 2.24) is 10.3 Å². The Morgan fingerprint density at radius 1 is 1.42 bits per heavy atom. The van der Waals surface area contributed by atoms with Crippen LogP contribution in [0.2, 0.25) is 5.15 Å². The maximum atomic E-state index is 5.74. The molecule has 1 aliphatic heterocycles. The number of fused-ring (bicyclic) bond motifs is 1. The van der Waals surface area contributed by atoms with Crippen LogP contribution in [-0.4, -0.2) is 11.5 Å². The first-order valence-corrected chi connectivity index (χ1v) is 4.08. The Morgan fingerprint density at radius 2 is 2.25 bits per heavy atom. The van der Waals surface area contributed by atoms with Gasteiger partial charge in [-0.3, -0.25) is 0 Å². The van der Waals surface area contributed by atoms with Gasteiger partial charge in [-0.15, -0.1) is 12.4 Å². The standard InChI is InChI=1S/C8H9ClN2.ClH/c9-8-3-7-4-10-2-1-6(7)5-11-8;/h3,5,10H,1-2,4H2;1H. The van der Waals surface area contributed by atoms with Crippen LogP contribution in [0.3, 0.4) is 0 Å². The summed E-state index contributed by atoms with van der Waals surface area (Å²) in [5.74, 6) is 0. The number of aromatic nitrogens is 1. The molecule has 0 aliphatic carbocycles. The van der Waals surface area contributed by atoms with E-state index in [4.69, 9.17) is 11.6 Å². The van der Waals surface area contributed by atoms with Crippen LogP contribution < -0.4 is 5.32 Å². The molecule has 0 fully saturated rings. The fourth-order valence-corrected chi connectivity index (χ4v) is 1.51. The molecule has 0 radical (unpaired) electrons. The molecule has 0 amide bonds. The normalized spacial score (nSPS) is 14.8. The monoisotopic (exact) mass is 204 g/mol. The van der Waals surface area contributed by atoms with Gasteiger partial charge in [0, 0.05) is 12.7 Å². The molecule has 0 saturated heterocycles. The predicted octanol–water partition coefficient (Wildman–Crippen LogP) is 1.80. The highest BCUT2D eigenvalue weighted by Crippen LogP contribution is 2.15. The fraction of sp³-hybridized carbons (Fsp3) is 0.375. The van der Waals surface area contributed by atoms with E-state index in [1.165, 1.54) is 11.1 Å². The zero-order chi connectivity index (χ0) is 7.68. The number of pyridine rings is 1. The molecular weight excluding hydrogens is 195 g/mol. The van der Waals surface area contributed by atoms with Crippen LogP contribution in [0.15, 0.2) is 12.3 Å². The fourth-order valence-electron chi connectivity index (χ4n) is 1.33. The molecule has 0 aromatic carbocycles. The van der Waals surface area contributed by atoms with Crippen molar-refractivity contribution in [3.8, 4) is 0 Å². The summed E-state index contributed by atoms with van der Waals surface area (Å²) < 4.78 is 0. The number of hydrogen-bond acceptors (Lipinski definition) is 2. The van der Waals surface area contributed by atoms with E-state index >= 15 is 0 Å². The number of hydrogen-bond donors (Lipinski definition) is 1. The third-order valence-electron chi connectivity index (χ3n) is 1.94. The first kappa shape index (κ1) is 9.78. The smallest absolute Gasteiger partial charge is 0.129 e.